The van der Waals surface area contributed by atoms with Gasteiger partial charge in [-0.1, -0.05) is 18.2 Å². The molecule has 2 N–H and O–H groups in total. The van der Waals surface area contributed by atoms with Gasteiger partial charge in [-0.25, -0.2) is 0 Å². The molecule has 1 aliphatic carbocycles. The first-order chi connectivity index (χ1) is 8.72. The molecular weight excluding hydrogens is 226 g/mol. The Bertz CT molecular complexity index is 392. The molecular formula is C15H23NO2. The van der Waals surface area contributed by atoms with Gasteiger partial charge in [-0.2, -0.15) is 0 Å². The summed E-state index contributed by atoms with van der Waals surface area (Å²) in [6.07, 6.45) is 3.14. The van der Waals surface area contributed by atoms with Crippen LogP contribution in [0.25, 0.3) is 0 Å². The van der Waals surface area contributed by atoms with Crippen molar-refractivity contribution >= 4 is 0 Å². The summed E-state index contributed by atoms with van der Waals surface area (Å²) in [6, 6.07) is 6.44. The van der Waals surface area contributed by atoms with Gasteiger partial charge in [-0.3, -0.25) is 0 Å². The molecule has 2 unspecified atom stereocenters. The first-order valence-electron chi connectivity index (χ1n) is 6.74. The summed E-state index contributed by atoms with van der Waals surface area (Å²) >= 11 is 0. The summed E-state index contributed by atoms with van der Waals surface area (Å²) in [5.41, 5.74) is 3.88. The van der Waals surface area contributed by atoms with E-state index in [-0.39, 0.29) is 6.04 Å². The topological polar surface area (TPSA) is 41.5 Å². The van der Waals surface area contributed by atoms with Crippen molar-refractivity contribution in [3.63, 3.8) is 0 Å². The Morgan fingerprint density at radius 2 is 2.11 bits per heavy atom. The Hall–Kier alpha value is -0.900. The van der Waals surface area contributed by atoms with Crippen LogP contribution in [0.4, 0.5) is 0 Å². The van der Waals surface area contributed by atoms with Crippen molar-refractivity contribution < 1.29 is 9.84 Å². The van der Waals surface area contributed by atoms with Crippen LogP contribution < -0.4 is 5.32 Å². The normalized spacial score (nSPS) is 17.5. The van der Waals surface area contributed by atoms with Crippen LogP contribution in [-0.2, 0) is 17.6 Å². The highest BCUT2D eigenvalue weighted by Crippen LogP contribution is 2.26. The molecule has 0 aliphatic heterocycles. The van der Waals surface area contributed by atoms with Gasteiger partial charge in [0.05, 0.1) is 12.7 Å². The number of nitrogens with one attached hydrogen (secondary N) is 1. The standard InChI is InChI=1S/C15H23NO2/c1-11(16-8-9-18-2)15(17)14-7-6-12-4-3-5-13(12)10-14/h6-7,10-11,15-17H,3-5,8-9H2,1-2H3. The highest BCUT2D eigenvalue weighted by Gasteiger charge is 2.18. The lowest BCUT2D eigenvalue weighted by molar-refractivity contribution is 0.126. The predicted molar refractivity (Wildman–Crippen MR) is 72.8 cm³/mol. The van der Waals surface area contributed by atoms with Gasteiger partial charge in [0.2, 0.25) is 0 Å². The number of methoxy groups -OCH3 is 1. The number of benzene rings is 1. The van der Waals surface area contributed by atoms with Gasteiger partial charge in [-0.05, 0) is 42.9 Å². The molecule has 2 atom stereocenters. The molecule has 100 valence electrons. The lowest BCUT2D eigenvalue weighted by Crippen LogP contribution is -2.34. The number of aliphatic hydroxyl groups is 1. The fourth-order valence-electron chi connectivity index (χ4n) is 2.56. The quantitative estimate of drug-likeness (QED) is 0.756. The molecule has 0 bridgehead atoms. The molecule has 2 rings (SSSR count). The van der Waals surface area contributed by atoms with Crippen LogP contribution in [-0.4, -0.2) is 31.4 Å². The maximum atomic E-state index is 10.3. The van der Waals surface area contributed by atoms with Gasteiger partial charge >= 0.3 is 0 Å². The zero-order valence-electron chi connectivity index (χ0n) is 11.3. The van der Waals surface area contributed by atoms with E-state index in [1.54, 1.807) is 7.11 Å². The van der Waals surface area contributed by atoms with Gasteiger partial charge in [0.25, 0.3) is 0 Å². The molecule has 0 radical (unpaired) electrons. The summed E-state index contributed by atoms with van der Waals surface area (Å²) in [5, 5.41) is 13.6. The molecule has 0 saturated heterocycles. The smallest absolute Gasteiger partial charge is 0.0940 e. The Balaban J connectivity index is 1.97. The lowest BCUT2D eigenvalue weighted by Gasteiger charge is -2.21. The van der Waals surface area contributed by atoms with Crippen molar-refractivity contribution in [2.24, 2.45) is 0 Å². The third-order valence-corrected chi connectivity index (χ3v) is 3.71. The minimum Gasteiger partial charge on any atom is -0.387 e. The second kappa shape index (κ2) is 6.32. The Morgan fingerprint density at radius 3 is 2.89 bits per heavy atom. The van der Waals surface area contributed by atoms with Crippen LogP contribution in [0, 0.1) is 0 Å². The molecule has 0 amide bonds. The number of ether oxygens (including phenoxy) is 1. The number of hydrogen-bond donors (Lipinski definition) is 2. The van der Waals surface area contributed by atoms with Crippen LogP contribution >= 0.6 is 0 Å². The molecule has 0 spiro atoms. The third kappa shape index (κ3) is 3.10. The maximum Gasteiger partial charge on any atom is 0.0940 e. The van der Waals surface area contributed by atoms with Crippen LogP contribution in [0.1, 0.15) is 36.1 Å². The van der Waals surface area contributed by atoms with Gasteiger partial charge < -0.3 is 15.2 Å². The highest BCUT2D eigenvalue weighted by molar-refractivity contribution is 5.36. The number of rotatable bonds is 6. The Morgan fingerprint density at radius 1 is 1.33 bits per heavy atom. The van der Waals surface area contributed by atoms with E-state index in [0.717, 1.165) is 18.5 Å². The molecule has 18 heavy (non-hydrogen) atoms. The van der Waals surface area contributed by atoms with Crippen molar-refractivity contribution in [2.75, 3.05) is 20.3 Å². The van der Waals surface area contributed by atoms with Crippen LogP contribution in [0.5, 0.6) is 0 Å². The average molecular weight is 249 g/mol. The molecule has 0 saturated carbocycles. The zero-order chi connectivity index (χ0) is 13.0. The van der Waals surface area contributed by atoms with E-state index in [0.29, 0.717) is 6.61 Å². The zero-order valence-corrected chi connectivity index (χ0v) is 11.3. The second-order valence-electron chi connectivity index (χ2n) is 5.06. The van der Waals surface area contributed by atoms with E-state index < -0.39 is 6.10 Å². The largest absolute Gasteiger partial charge is 0.387 e. The number of fused-ring (bicyclic) bond motifs is 1. The van der Waals surface area contributed by atoms with E-state index in [9.17, 15) is 5.11 Å². The van der Waals surface area contributed by atoms with Crippen molar-refractivity contribution in [1.29, 1.82) is 0 Å². The van der Waals surface area contributed by atoms with Crippen LogP contribution in [0.3, 0.4) is 0 Å². The first-order valence-corrected chi connectivity index (χ1v) is 6.74. The summed E-state index contributed by atoms with van der Waals surface area (Å²) in [6.45, 7) is 3.44. The van der Waals surface area contributed by atoms with E-state index in [4.69, 9.17) is 4.74 Å². The average Bonchev–Trinajstić information content (AvgIpc) is 2.85. The summed E-state index contributed by atoms with van der Waals surface area (Å²) in [5.74, 6) is 0. The molecule has 1 aromatic carbocycles. The Labute approximate surface area is 109 Å². The highest BCUT2D eigenvalue weighted by atomic mass is 16.5. The van der Waals surface area contributed by atoms with Gasteiger partial charge in [-0.15, -0.1) is 0 Å². The first kappa shape index (κ1) is 13.5. The summed E-state index contributed by atoms with van der Waals surface area (Å²) < 4.78 is 4.99. The van der Waals surface area contributed by atoms with Crippen molar-refractivity contribution in [3.8, 4) is 0 Å². The number of aliphatic hydroxyl groups excluding tert-OH is 1. The van der Waals surface area contributed by atoms with E-state index in [1.165, 1.54) is 24.0 Å². The predicted octanol–water partition coefficient (Wildman–Crippen LogP) is 1.83. The van der Waals surface area contributed by atoms with Crippen LogP contribution in [0.15, 0.2) is 18.2 Å². The SMILES string of the molecule is COCCNC(C)C(O)c1ccc2c(c1)CCC2. The van der Waals surface area contributed by atoms with Crippen molar-refractivity contribution in [3.05, 3.63) is 34.9 Å². The third-order valence-electron chi connectivity index (χ3n) is 3.71. The molecule has 3 heteroatoms. The molecule has 0 fully saturated rings. The maximum absolute atomic E-state index is 10.3. The molecule has 3 nitrogen and oxygen atoms in total. The van der Waals surface area contributed by atoms with Crippen molar-refractivity contribution in [2.45, 2.75) is 38.3 Å². The van der Waals surface area contributed by atoms with Gasteiger partial charge in [0.1, 0.15) is 0 Å². The lowest BCUT2D eigenvalue weighted by atomic mass is 9.99. The fourth-order valence-corrected chi connectivity index (χ4v) is 2.56. The fraction of sp³-hybridized carbons (Fsp3) is 0.600. The van der Waals surface area contributed by atoms with Gasteiger partial charge in [0.15, 0.2) is 0 Å². The minimum atomic E-state index is -0.451. The summed E-state index contributed by atoms with van der Waals surface area (Å²) in [7, 11) is 1.68. The summed E-state index contributed by atoms with van der Waals surface area (Å²) in [4.78, 5) is 0. The van der Waals surface area contributed by atoms with Gasteiger partial charge in [0, 0.05) is 19.7 Å². The molecule has 1 aliphatic rings. The van der Waals surface area contributed by atoms with E-state index in [2.05, 4.69) is 23.5 Å². The number of hydrogen-bond acceptors (Lipinski definition) is 3. The Kier molecular flexibility index (Phi) is 4.75. The van der Waals surface area contributed by atoms with E-state index >= 15 is 0 Å². The van der Waals surface area contributed by atoms with Crippen LogP contribution in [0.2, 0.25) is 0 Å². The van der Waals surface area contributed by atoms with Crippen molar-refractivity contribution in [1.82, 2.24) is 5.32 Å². The molecule has 1 aromatic rings. The molecule has 0 aromatic heterocycles. The number of aryl methyl sites for hydroxylation is 2. The van der Waals surface area contributed by atoms with E-state index in [1.807, 2.05) is 6.92 Å². The molecule has 0 heterocycles. The second-order valence-corrected chi connectivity index (χ2v) is 5.06. The minimum absolute atomic E-state index is 0.0413. The monoisotopic (exact) mass is 249 g/mol.